The topological polar surface area (TPSA) is 52.9 Å². The standard InChI is InChI=1S/C17H19IN2O/c18-14-5-2-11(3-6-14)8-15(10-19)20-17(21)16-9-12-1-4-13(16)7-12/h2-3,5-6,12-13,15-16H,1,4,7-9H2,(H,20,21)/t12-,13+,15+,16+/m1/s1. The molecule has 3 nitrogen and oxygen atoms in total. The zero-order chi connectivity index (χ0) is 14.8. The van der Waals surface area contributed by atoms with E-state index in [1.165, 1.54) is 22.8 Å². The molecule has 0 aromatic heterocycles. The maximum atomic E-state index is 12.4. The number of fused-ring (bicyclic) bond motifs is 2. The van der Waals surface area contributed by atoms with Crippen molar-refractivity contribution in [2.45, 2.75) is 38.1 Å². The van der Waals surface area contributed by atoms with Crippen LogP contribution in [0.4, 0.5) is 0 Å². The number of nitriles is 1. The molecule has 1 N–H and O–H groups in total. The van der Waals surface area contributed by atoms with Crippen LogP contribution in [0.3, 0.4) is 0 Å². The smallest absolute Gasteiger partial charge is 0.224 e. The van der Waals surface area contributed by atoms with Crippen molar-refractivity contribution in [1.29, 1.82) is 5.26 Å². The van der Waals surface area contributed by atoms with Crippen molar-refractivity contribution in [3.8, 4) is 6.07 Å². The third kappa shape index (κ3) is 3.39. The quantitative estimate of drug-likeness (QED) is 0.797. The Bertz CT molecular complexity index is 563. The van der Waals surface area contributed by atoms with Crippen LogP contribution in [0.25, 0.3) is 0 Å². The van der Waals surface area contributed by atoms with Gasteiger partial charge in [-0.1, -0.05) is 18.6 Å². The summed E-state index contributed by atoms with van der Waals surface area (Å²) in [6, 6.07) is 9.92. The van der Waals surface area contributed by atoms with E-state index in [9.17, 15) is 10.1 Å². The Balaban J connectivity index is 1.58. The van der Waals surface area contributed by atoms with Gasteiger partial charge in [0.2, 0.25) is 5.91 Å². The molecule has 2 aliphatic rings. The van der Waals surface area contributed by atoms with Crippen LogP contribution in [-0.4, -0.2) is 11.9 Å². The van der Waals surface area contributed by atoms with Crippen molar-refractivity contribution in [3.05, 3.63) is 33.4 Å². The molecular weight excluding hydrogens is 375 g/mol. The van der Waals surface area contributed by atoms with Crippen LogP contribution in [0.5, 0.6) is 0 Å². The van der Waals surface area contributed by atoms with Gasteiger partial charge in [-0.3, -0.25) is 4.79 Å². The number of nitrogens with one attached hydrogen (secondary N) is 1. The van der Waals surface area contributed by atoms with Crippen LogP contribution in [0.2, 0.25) is 0 Å². The molecule has 0 saturated heterocycles. The summed E-state index contributed by atoms with van der Waals surface area (Å²) in [7, 11) is 0. The van der Waals surface area contributed by atoms with E-state index in [1.54, 1.807) is 0 Å². The van der Waals surface area contributed by atoms with E-state index in [1.807, 2.05) is 24.3 Å². The third-order valence-corrected chi connectivity index (χ3v) is 5.62. The van der Waals surface area contributed by atoms with E-state index < -0.39 is 6.04 Å². The number of benzene rings is 1. The van der Waals surface area contributed by atoms with Crippen molar-refractivity contribution in [3.63, 3.8) is 0 Å². The van der Waals surface area contributed by atoms with Gasteiger partial charge in [-0.05, 0) is 71.4 Å². The SMILES string of the molecule is N#C[C@H](Cc1ccc(I)cc1)NC(=O)[C@H]1C[C@@H]2CC[C@H]1C2. The second kappa shape index (κ2) is 6.35. The van der Waals surface area contributed by atoms with Crippen LogP contribution >= 0.6 is 22.6 Å². The predicted octanol–water partition coefficient (Wildman–Crippen LogP) is 3.28. The van der Waals surface area contributed by atoms with Crippen LogP contribution < -0.4 is 5.32 Å². The number of amides is 1. The van der Waals surface area contributed by atoms with Crippen LogP contribution in [0.1, 0.15) is 31.2 Å². The summed E-state index contributed by atoms with van der Waals surface area (Å²) in [6.45, 7) is 0. The lowest BCUT2D eigenvalue weighted by Gasteiger charge is -2.22. The fourth-order valence-corrected chi connectivity index (χ4v) is 4.19. The van der Waals surface area contributed by atoms with E-state index in [-0.39, 0.29) is 11.8 Å². The molecule has 4 atom stereocenters. The Kier molecular flexibility index (Phi) is 4.48. The van der Waals surface area contributed by atoms with Crippen LogP contribution in [0.15, 0.2) is 24.3 Å². The molecule has 1 aromatic rings. The van der Waals surface area contributed by atoms with Gasteiger partial charge in [-0.15, -0.1) is 0 Å². The largest absolute Gasteiger partial charge is 0.340 e. The Morgan fingerprint density at radius 1 is 1.33 bits per heavy atom. The van der Waals surface area contributed by atoms with Crippen molar-refractivity contribution < 1.29 is 4.79 Å². The van der Waals surface area contributed by atoms with E-state index in [4.69, 9.17) is 0 Å². The van der Waals surface area contributed by atoms with E-state index in [0.717, 1.165) is 17.9 Å². The minimum atomic E-state index is -0.420. The minimum absolute atomic E-state index is 0.0965. The average molecular weight is 394 g/mol. The van der Waals surface area contributed by atoms with Crippen molar-refractivity contribution in [2.75, 3.05) is 0 Å². The molecule has 2 bridgehead atoms. The molecule has 1 aromatic carbocycles. The van der Waals surface area contributed by atoms with Crippen molar-refractivity contribution in [2.24, 2.45) is 17.8 Å². The molecule has 0 radical (unpaired) electrons. The Labute approximate surface area is 139 Å². The molecule has 4 heteroatoms. The summed E-state index contributed by atoms with van der Waals surface area (Å²) in [5.74, 6) is 1.56. The molecule has 0 aliphatic heterocycles. The Morgan fingerprint density at radius 3 is 2.67 bits per heavy atom. The fourth-order valence-electron chi connectivity index (χ4n) is 3.83. The summed E-state index contributed by atoms with van der Waals surface area (Å²) in [5, 5.41) is 12.3. The maximum Gasteiger partial charge on any atom is 0.224 e. The van der Waals surface area contributed by atoms with Gasteiger partial charge < -0.3 is 5.32 Å². The first-order valence-corrected chi connectivity index (χ1v) is 8.68. The van der Waals surface area contributed by atoms with Gasteiger partial charge in [-0.2, -0.15) is 5.26 Å². The average Bonchev–Trinajstić information content (AvgIpc) is 3.11. The first-order valence-electron chi connectivity index (χ1n) is 7.60. The van der Waals surface area contributed by atoms with E-state index in [2.05, 4.69) is 34.0 Å². The molecule has 0 spiro atoms. The monoisotopic (exact) mass is 394 g/mol. The first-order chi connectivity index (χ1) is 10.2. The normalized spacial score (nSPS) is 28.1. The molecule has 110 valence electrons. The zero-order valence-corrected chi connectivity index (χ0v) is 14.0. The number of hydrogen-bond acceptors (Lipinski definition) is 2. The highest BCUT2D eigenvalue weighted by molar-refractivity contribution is 14.1. The van der Waals surface area contributed by atoms with E-state index >= 15 is 0 Å². The number of nitrogens with zero attached hydrogens (tertiary/aromatic N) is 1. The van der Waals surface area contributed by atoms with Gasteiger partial charge in [0, 0.05) is 15.9 Å². The summed E-state index contributed by atoms with van der Waals surface area (Å²) in [6.07, 6.45) is 5.31. The second-order valence-corrected chi connectivity index (χ2v) is 7.55. The highest BCUT2D eigenvalue weighted by Crippen LogP contribution is 2.48. The second-order valence-electron chi connectivity index (χ2n) is 6.30. The summed E-state index contributed by atoms with van der Waals surface area (Å²) < 4.78 is 1.18. The Morgan fingerprint density at radius 2 is 2.10 bits per heavy atom. The van der Waals surface area contributed by atoms with E-state index in [0.29, 0.717) is 12.3 Å². The molecule has 3 rings (SSSR count). The lowest BCUT2D eigenvalue weighted by atomic mass is 9.88. The van der Waals surface area contributed by atoms with Gasteiger partial charge in [0.25, 0.3) is 0 Å². The van der Waals surface area contributed by atoms with Crippen molar-refractivity contribution >= 4 is 28.5 Å². The zero-order valence-electron chi connectivity index (χ0n) is 11.9. The number of rotatable bonds is 4. The van der Waals surface area contributed by atoms with Crippen LogP contribution in [-0.2, 0) is 11.2 Å². The summed E-state index contributed by atoms with van der Waals surface area (Å²) in [4.78, 5) is 12.4. The van der Waals surface area contributed by atoms with Gasteiger partial charge in [0.1, 0.15) is 6.04 Å². The lowest BCUT2D eigenvalue weighted by molar-refractivity contribution is -0.126. The molecule has 21 heavy (non-hydrogen) atoms. The Hall–Kier alpha value is -1.09. The van der Waals surface area contributed by atoms with Gasteiger partial charge in [0.05, 0.1) is 6.07 Å². The number of hydrogen-bond donors (Lipinski definition) is 1. The number of carbonyl (C=O) groups excluding carboxylic acids is 1. The molecular formula is C17H19IN2O. The predicted molar refractivity (Wildman–Crippen MR) is 89.3 cm³/mol. The van der Waals surface area contributed by atoms with Gasteiger partial charge in [-0.25, -0.2) is 0 Å². The third-order valence-electron chi connectivity index (χ3n) is 4.90. The van der Waals surface area contributed by atoms with Crippen LogP contribution in [0, 0.1) is 32.7 Å². The molecule has 2 saturated carbocycles. The summed E-state index contributed by atoms with van der Waals surface area (Å²) in [5.41, 5.74) is 1.09. The number of halogens is 1. The molecule has 2 aliphatic carbocycles. The van der Waals surface area contributed by atoms with Gasteiger partial charge in [0.15, 0.2) is 0 Å². The molecule has 2 fully saturated rings. The van der Waals surface area contributed by atoms with Crippen molar-refractivity contribution in [1.82, 2.24) is 5.32 Å². The first kappa shape index (κ1) is 14.8. The number of carbonyl (C=O) groups is 1. The minimum Gasteiger partial charge on any atom is -0.340 e. The fraction of sp³-hybridized carbons (Fsp3) is 0.529. The highest BCUT2D eigenvalue weighted by atomic mass is 127. The molecule has 0 heterocycles. The summed E-state index contributed by atoms with van der Waals surface area (Å²) >= 11 is 2.26. The van der Waals surface area contributed by atoms with Gasteiger partial charge >= 0.3 is 0 Å². The molecule has 1 amide bonds. The lowest BCUT2D eigenvalue weighted by Crippen LogP contribution is -2.40. The maximum absolute atomic E-state index is 12.4. The highest BCUT2D eigenvalue weighted by Gasteiger charge is 2.43. The molecule has 0 unspecified atom stereocenters.